The second kappa shape index (κ2) is 6.44. The first-order chi connectivity index (χ1) is 8.58. The zero-order chi connectivity index (χ0) is 13.5. The third-order valence-corrected chi connectivity index (χ3v) is 2.32. The van der Waals surface area contributed by atoms with Gasteiger partial charge in [-0.2, -0.15) is 0 Å². The van der Waals surface area contributed by atoms with Crippen molar-refractivity contribution in [2.75, 3.05) is 7.11 Å². The molecule has 0 N–H and O–H groups in total. The Morgan fingerprint density at radius 2 is 2.06 bits per heavy atom. The molecule has 0 saturated heterocycles. The van der Waals surface area contributed by atoms with Gasteiger partial charge >= 0.3 is 0 Å². The average molecular weight is 249 g/mol. The second-order valence-corrected chi connectivity index (χ2v) is 3.49. The molecule has 0 spiro atoms. The van der Waals surface area contributed by atoms with Crippen LogP contribution >= 0.6 is 0 Å². The fourth-order valence-corrected chi connectivity index (χ4v) is 1.30. The fourth-order valence-electron chi connectivity index (χ4n) is 1.30. The number of rotatable bonds is 6. The predicted molar refractivity (Wildman–Crippen MR) is 67.8 cm³/mol. The molecular weight excluding hydrogens is 234 g/mol. The summed E-state index contributed by atoms with van der Waals surface area (Å²) < 4.78 is 10.5. The lowest BCUT2D eigenvalue weighted by atomic mass is 10.2. The maximum atomic E-state index is 10.5. The summed E-state index contributed by atoms with van der Waals surface area (Å²) in [4.78, 5) is 10.1. The SMILES string of the molecule is C=C(OC)/C(=C\C)OCc1ccc([N+](=O)[O-])cc1. The van der Waals surface area contributed by atoms with Crippen molar-refractivity contribution in [3.05, 3.63) is 64.1 Å². The van der Waals surface area contributed by atoms with Crippen LogP contribution in [0.25, 0.3) is 0 Å². The van der Waals surface area contributed by atoms with E-state index in [2.05, 4.69) is 6.58 Å². The third kappa shape index (κ3) is 3.62. The van der Waals surface area contributed by atoms with Gasteiger partial charge in [-0.15, -0.1) is 0 Å². The van der Waals surface area contributed by atoms with Gasteiger partial charge in [-0.05, 0) is 30.7 Å². The molecular formula is C13H15NO4. The summed E-state index contributed by atoms with van der Waals surface area (Å²) in [5, 5.41) is 10.5. The fraction of sp³-hybridized carbons (Fsp3) is 0.231. The molecule has 0 fully saturated rings. The molecule has 1 aromatic rings. The maximum absolute atomic E-state index is 10.5. The summed E-state index contributed by atoms with van der Waals surface area (Å²) in [5.74, 6) is 0.996. The van der Waals surface area contributed by atoms with Crippen LogP contribution in [0.1, 0.15) is 12.5 Å². The lowest BCUT2D eigenvalue weighted by Crippen LogP contribution is -1.98. The van der Waals surface area contributed by atoms with Gasteiger partial charge in [0.15, 0.2) is 11.5 Å². The highest BCUT2D eigenvalue weighted by atomic mass is 16.6. The molecule has 0 unspecified atom stereocenters. The molecule has 0 bridgehead atoms. The van der Waals surface area contributed by atoms with E-state index >= 15 is 0 Å². The Morgan fingerprint density at radius 3 is 2.50 bits per heavy atom. The Balaban J connectivity index is 2.63. The Kier molecular flexibility index (Phi) is 4.92. The number of methoxy groups -OCH3 is 1. The van der Waals surface area contributed by atoms with Gasteiger partial charge in [0.2, 0.25) is 0 Å². The number of ether oxygens (including phenoxy) is 2. The lowest BCUT2D eigenvalue weighted by molar-refractivity contribution is -0.384. The number of hydrogen-bond donors (Lipinski definition) is 0. The number of benzene rings is 1. The number of allylic oxidation sites excluding steroid dienone is 1. The summed E-state index contributed by atoms with van der Waals surface area (Å²) in [6.07, 6.45) is 1.75. The molecule has 0 radical (unpaired) electrons. The minimum Gasteiger partial charge on any atom is -0.494 e. The van der Waals surface area contributed by atoms with Crippen LogP contribution in [0.15, 0.2) is 48.4 Å². The topological polar surface area (TPSA) is 61.6 Å². The lowest BCUT2D eigenvalue weighted by Gasteiger charge is -2.11. The van der Waals surface area contributed by atoms with E-state index in [0.29, 0.717) is 18.1 Å². The molecule has 0 amide bonds. The first kappa shape index (κ1) is 13.8. The van der Waals surface area contributed by atoms with E-state index in [4.69, 9.17) is 9.47 Å². The van der Waals surface area contributed by atoms with Gasteiger partial charge in [0.05, 0.1) is 12.0 Å². The molecule has 0 saturated carbocycles. The van der Waals surface area contributed by atoms with E-state index < -0.39 is 4.92 Å². The molecule has 0 aliphatic carbocycles. The number of non-ortho nitro benzene ring substituents is 1. The van der Waals surface area contributed by atoms with Crippen molar-refractivity contribution in [2.45, 2.75) is 13.5 Å². The molecule has 1 rings (SSSR count). The summed E-state index contributed by atoms with van der Waals surface area (Å²) in [6.45, 7) is 5.81. The van der Waals surface area contributed by atoms with E-state index in [1.165, 1.54) is 19.2 Å². The largest absolute Gasteiger partial charge is 0.494 e. The van der Waals surface area contributed by atoms with Crippen molar-refractivity contribution in [3.63, 3.8) is 0 Å². The monoisotopic (exact) mass is 249 g/mol. The quantitative estimate of drug-likeness (QED) is 0.336. The van der Waals surface area contributed by atoms with E-state index in [1.54, 1.807) is 18.2 Å². The maximum Gasteiger partial charge on any atom is 0.269 e. The molecule has 0 aromatic heterocycles. The van der Waals surface area contributed by atoms with E-state index in [-0.39, 0.29) is 5.69 Å². The van der Waals surface area contributed by atoms with Gasteiger partial charge in [-0.3, -0.25) is 10.1 Å². The number of nitro benzene ring substituents is 1. The van der Waals surface area contributed by atoms with E-state index in [1.807, 2.05) is 6.92 Å². The summed E-state index contributed by atoms with van der Waals surface area (Å²) >= 11 is 0. The van der Waals surface area contributed by atoms with Crippen LogP contribution < -0.4 is 0 Å². The van der Waals surface area contributed by atoms with Crippen LogP contribution in [-0.4, -0.2) is 12.0 Å². The zero-order valence-corrected chi connectivity index (χ0v) is 10.4. The molecule has 96 valence electrons. The van der Waals surface area contributed by atoms with Crippen LogP contribution in [0.3, 0.4) is 0 Å². The van der Waals surface area contributed by atoms with Gasteiger partial charge in [0, 0.05) is 12.1 Å². The molecule has 0 atom stereocenters. The third-order valence-electron chi connectivity index (χ3n) is 2.32. The van der Waals surface area contributed by atoms with Crippen LogP contribution in [0.4, 0.5) is 5.69 Å². The molecule has 5 heteroatoms. The minimum atomic E-state index is -0.436. The van der Waals surface area contributed by atoms with E-state index in [9.17, 15) is 10.1 Å². The number of nitro groups is 1. The van der Waals surface area contributed by atoms with Crippen molar-refractivity contribution < 1.29 is 14.4 Å². The van der Waals surface area contributed by atoms with Gasteiger partial charge in [-0.25, -0.2) is 0 Å². The first-order valence-corrected chi connectivity index (χ1v) is 5.34. The highest BCUT2D eigenvalue weighted by Crippen LogP contribution is 2.16. The molecule has 0 aliphatic heterocycles. The normalized spacial score (nSPS) is 10.9. The molecule has 1 aromatic carbocycles. The van der Waals surface area contributed by atoms with Crippen LogP contribution in [0.2, 0.25) is 0 Å². The highest BCUT2D eigenvalue weighted by Gasteiger charge is 2.06. The highest BCUT2D eigenvalue weighted by molar-refractivity contribution is 5.32. The Morgan fingerprint density at radius 1 is 1.44 bits per heavy atom. The molecule has 18 heavy (non-hydrogen) atoms. The minimum absolute atomic E-state index is 0.0614. The van der Waals surface area contributed by atoms with Crippen molar-refractivity contribution in [1.29, 1.82) is 0 Å². The summed E-state index contributed by atoms with van der Waals surface area (Å²) in [6, 6.07) is 6.19. The number of nitrogens with zero attached hydrogens (tertiary/aromatic N) is 1. The standard InChI is InChI=1S/C13H15NO4/c1-4-13(10(2)17-3)18-9-11-5-7-12(8-6-11)14(15)16/h4-8H,2,9H2,1,3H3/b13-4+. The summed E-state index contributed by atoms with van der Waals surface area (Å²) in [7, 11) is 1.51. The Hall–Kier alpha value is -2.30. The van der Waals surface area contributed by atoms with Crippen molar-refractivity contribution in [3.8, 4) is 0 Å². The van der Waals surface area contributed by atoms with Gasteiger partial charge in [0.1, 0.15) is 6.61 Å². The van der Waals surface area contributed by atoms with Crippen LogP contribution in [-0.2, 0) is 16.1 Å². The second-order valence-electron chi connectivity index (χ2n) is 3.49. The number of hydrogen-bond acceptors (Lipinski definition) is 4. The van der Waals surface area contributed by atoms with Gasteiger partial charge in [0.25, 0.3) is 5.69 Å². The van der Waals surface area contributed by atoms with Crippen molar-refractivity contribution in [1.82, 2.24) is 0 Å². The van der Waals surface area contributed by atoms with Crippen molar-refractivity contribution in [2.24, 2.45) is 0 Å². The average Bonchev–Trinajstić information content (AvgIpc) is 2.39. The Bertz CT molecular complexity index is 462. The molecule has 0 aliphatic rings. The van der Waals surface area contributed by atoms with Crippen LogP contribution in [0, 0.1) is 10.1 Å². The zero-order valence-electron chi connectivity index (χ0n) is 10.4. The van der Waals surface area contributed by atoms with Gasteiger partial charge < -0.3 is 9.47 Å². The molecule has 5 nitrogen and oxygen atoms in total. The smallest absolute Gasteiger partial charge is 0.269 e. The Labute approximate surface area is 105 Å². The molecule has 0 heterocycles. The predicted octanol–water partition coefficient (Wildman–Crippen LogP) is 3.18. The van der Waals surface area contributed by atoms with Crippen LogP contribution in [0.5, 0.6) is 0 Å². The first-order valence-electron chi connectivity index (χ1n) is 5.34. The van der Waals surface area contributed by atoms with E-state index in [0.717, 1.165) is 5.56 Å². The van der Waals surface area contributed by atoms with Crippen molar-refractivity contribution >= 4 is 5.69 Å². The summed E-state index contributed by atoms with van der Waals surface area (Å²) in [5.41, 5.74) is 0.898. The van der Waals surface area contributed by atoms with Gasteiger partial charge in [-0.1, -0.05) is 6.58 Å².